The first-order chi connectivity index (χ1) is 7.86. The first-order valence-electron chi connectivity index (χ1n) is 4.27. The molecule has 1 rings (SSSR count). The highest BCUT2D eigenvalue weighted by Gasteiger charge is 2.18. The first kappa shape index (κ1) is 14.7. The van der Waals surface area contributed by atoms with Crippen molar-refractivity contribution in [2.45, 2.75) is 10.6 Å². The zero-order chi connectivity index (χ0) is 13.1. The highest BCUT2D eigenvalue weighted by Crippen LogP contribution is 2.34. The summed E-state index contributed by atoms with van der Waals surface area (Å²) in [4.78, 5) is 0. The van der Waals surface area contributed by atoms with Crippen LogP contribution in [0.1, 0.15) is 6.42 Å². The molecule has 0 bridgehead atoms. The van der Waals surface area contributed by atoms with Gasteiger partial charge >= 0.3 is 0 Å². The minimum atomic E-state index is -3.60. The van der Waals surface area contributed by atoms with E-state index in [2.05, 4.69) is 25.8 Å². The summed E-state index contributed by atoms with van der Waals surface area (Å²) in [7, 11) is -3.60. The molecule has 1 aromatic heterocycles. The van der Waals surface area contributed by atoms with E-state index in [0.717, 1.165) is 11.3 Å². The second kappa shape index (κ2) is 6.01. The van der Waals surface area contributed by atoms with Gasteiger partial charge in [0.05, 0.1) is 8.81 Å². The number of halogens is 2. The van der Waals surface area contributed by atoms with Crippen LogP contribution in [0.5, 0.6) is 0 Å². The fourth-order valence-electron chi connectivity index (χ4n) is 0.894. The number of amidine groups is 1. The molecule has 0 aliphatic rings. The lowest BCUT2D eigenvalue weighted by atomic mass is 10.4. The highest BCUT2D eigenvalue weighted by atomic mass is 79.9. The Morgan fingerprint density at radius 2 is 2.35 bits per heavy atom. The van der Waals surface area contributed by atoms with Gasteiger partial charge in [-0.2, -0.15) is 0 Å². The predicted molar refractivity (Wildman–Crippen MR) is 70.2 cm³/mol. The standard InChI is InChI=1S/C7H9BrClN3O3S2/c8-7-4(9)3-6(16-7)17(14,15)11-2-1-5(10)12-13/h3,11,13H,1-2H2,(H2,10,12). The molecule has 6 nitrogen and oxygen atoms in total. The van der Waals surface area contributed by atoms with Crippen LogP contribution in [-0.2, 0) is 10.0 Å². The number of hydrogen-bond donors (Lipinski definition) is 3. The van der Waals surface area contributed by atoms with Crippen LogP contribution >= 0.6 is 38.9 Å². The number of nitrogens with one attached hydrogen (secondary N) is 1. The van der Waals surface area contributed by atoms with E-state index >= 15 is 0 Å². The smallest absolute Gasteiger partial charge is 0.250 e. The molecule has 0 aliphatic carbocycles. The van der Waals surface area contributed by atoms with Gasteiger partial charge in [0.1, 0.15) is 10.0 Å². The molecule has 0 saturated heterocycles. The number of rotatable bonds is 5. The van der Waals surface area contributed by atoms with Crippen LogP contribution in [0, 0.1) is 0 Å². The predicted octanol–water partition coefficient (Wildman–Crippen LogP) is 1.58. The Morgan fingerprint density at radius 1 is 1.71 bits per heavy atom. The van der Waals surface area contributed by atoms with Crippen molar-refractivity contribution in [1.29, 1.82) is 0 Å². The van der Waals surface area contributed by atoms with Crippen molar-refractivity contribution in [3.05, 3.63) is 14.9 Å². The number of nitrogens with two attached hydrogens (primary N) is 1. The van der Waals surface area contributed by atoms with Gasteiger partial charge in [-0.1, -0.05) is 16.8 Å². The summed E-state index contributed by atoms with van der Waals surface area (Å²) < 4.78 is 26.5. The third kappa shape index (κ3) is 4.11. The fraction of sp³-hybridized carbons (Fsp3) is 0.286. The van der Waals surface area contributed by atoms with Crippen molar-refractivity contribution < 1.29 is 13.6 Å². The Balaban J connectivity index is 2.70. The Bertz CT molecular complexity index is 509. The van der Waals surface area contributed by atoms with E-state index in [0.29, 0.717) is 8.81 Å². The summed E-state index contributed by atoms with van der Waals surface area (Å²) in [6, 6.07) is 1.35. The lowest BCUT2D eigenvalue weighted by Gasteiger charge is -2.03. The molecule has 17 heavy (non-hydrogen) atoms. The average molecular weight is 363 g/mol. The number of nitrogens with zero attached hydrogens (tertiary/aromatic N) is 1. The third-order valence-electron chi connectivity index (χ3n) is 1.69. The third-order valence-corrected chi connectivity index (χ3v) is 6.10. The van der Waals surface area contributed by atoms with Crippen LogP contribution in [0.15, 0.2) is 19.2 Å². The molecule has 0 unspecified atom stereocenters. The molecule has 0 aromatic carbocycles. The summed E-state index contributed by atoms with van der Waals surface area (Å²) in [5.74, 6) is -0.0434. The molecule has 0 atom stereocenters. The highest BCUT2D eigenvalue weighted by molar-refractivity contribution is 9.11. The van der Waals surface area contributed by atoms with Crippen LogP contribution in [0.3, 0.4) is 0 Å². The van der Waals surface area contributed by atoms with Gasteiger partial charge in [0.15, 0.2) is 0 Å². The van der Waals surface area contributed by atoms with E-state index in [4.69, 9.17) is 22.5 Å². The van der Waals surface area contributed by atoms with Gasteiger partial charge in [-0.3, -0.25) is 0 Å². The molecule has 1 aromatic rings. The van der Waals surface area contributed by atoms with Gasteiger partial charge in [-0.25, -0.2) is 13.1 Å². The summed E-state index contributed by atoms with van der Waals surface area (Å²) in [6.45, 7) is 0.0470. The van der Waals surface area contributed by atoms with Crippen LogP contribution < -0.4 is 10.5 Å². The van der Waals surface area contributed by atoms with Gasteiger partial charge in [0, 0.05) is 13.0 Å². The van der Waals surface area contributed by atoms with E-state index in [-0.39, 0.29) is 23.0 Å². The fourth-order valence-corrected chi connectivity index (χ4v) is 4.37. The summed E-state index contributed by atoms with van der Waals surface area (Å²) >= 11 is 9.88. The Morgan fingerprint density at radius 3 is 2.82 bits per heavy atom. The second-order valence-electron chi connectivity index (χ2n) is 2.93. The van der Waals surface area contributed by atoms with Crippen LogP contribution in [0.2, 0.25) is 5.02 Å². The van der Waals surface area contributed by atoms with Crippen molar-refractivity contribution in [1.82, 2.24) is 4.72 Å². The number of sulfonamides is 1. The first-order valence-corrected chi connectivity index (χ1v) is 7.75. The van der Waals surface area contributed by atoms with Gasteiger partial charge < -0.3 is 10.9 Å². The lowest BCUT2D eigenvalue weighted by molar-refractivity contribution is 0.317. The van der Waals surface area contributed by atoms with Gasteiger partial charge in [-0.05, 0) is 22.0 Å². The molecule has 0 amide bonds. The molecule has 0 radical (unpaired) electrons. The second-order valence-corrected chi connectivity index (χ2v) is 7.70. The molecule has 1 heterocycles. The molecule has 0 spiro atoms. The van der Waals surface area contributed by atoms with E-state index < -0.39 is 10.0 Å². The molecule has 0 saturated carbocycles. The van der Waals surface area contributed by atoms with Crippen molar-refractivity contribution in [2.24, 2.45) is 10.9 Å². The molecule has 0 fully saturated rings. The maximum Gasteiger partial charge on any atom is 0.250 e. The Labute approximate surface area is 116 Å². The Kier molecular flexibility index (Phi) is 5.20. The monoisotopic (exact) mass is 361 g/mol. The number of oxime groups is 1. The summed E-state index contributed by atoms with van der Waals surface area (Å²) in [5, 5.41) is 11.4. The van der Waals surface area contributed by atoms with E-state index in [1.54, 1.807) is 0 Å². The normalized spacial score (nSPS) is 12.9. The maximum absolute atomic E-state index is 11.7. The van der Waals surface area contributed by atoms with Crippen molar-refractivity contribution >= 4 is 54.7 Å². The SMILES string of the molecule is NC(CCNS(=O)(=O)c1cc(Cl)c(Br)s1)=NO. The zero-order valence-electron chi connectivity index (χ0n) is 8.35. The largest absolute Gasteiger partial charge is 0.409 e. The molecule has 4 N–H and O–H groups in total. The number of thiophene rings is 1. The van der Waals surface area contributed by atoms with Gasteiger partial charge in [0.25, 0.3) is 0 Å². The molecule has 10 heteroatoms. The minimum absolute atomic E-state index is 0.0434. The summed E-state index contributed by atoms with van der Waals surface area (Å²) in [5.41, 5.74) is 5.21. The minimum Gasteiger partial charge on any atom is -0.409 e. The van der Waals surface area contributed by atoms with Gasteiger partial charge in [0.2, 0.25) is 10.0 Å². The molecule has 0 aliphatic heterocycles. The topological polar surface area (TPSA) is 105 Å². The average Bonchev–Trinajstić information content (AvgIpc) is 2.59. The van der Waals surface area contributed by atoms with Crippen LogP contribution in [0.4, 0.5) is 0 Å². The molecular formula is C7H9BrClN3O3S2. The van der Waals surface area contributed by atoms with Crippen molar-refractivity contribution in [2.75, 3.05) is 6.54 Å². The Hall–Kier alpha value is -0.350. The quantitative estimate of drug-likeness (QED) is 0.320. The molecular weight excluding hydrogens is 354 g/mol. The van der Waals surface area contributed by atoms with Crippen LogP contribution in [-0.4, -0.2) is 26.0 Å². The van der Waals surface area contributed by atoms with Crippen molar-refractivity contribution in [3.63, 3.8) is 0 Å². The van der Waals surface area contributed by atoms with Gasteiger partial charge in [-0.15, -0.1) is 11.3 Å². The van der Waals surface area contributed by atoms with Crippen LogP contribution in [0.25, 0.3) is 0 Å². The zero-order valence-corrected chi connectivity index (χ0v) is 12.3. The summed E-state index contributed by atoms with van der Waals surface area (Å²) in [6.07, 6.45) is 0.121. The number of hydrogen-bond acceptors (Lipinski definition) is 5. The van der Waals surface area contributed by atoms with E-state index in [1.807, 2.05) is 0 Å². The van der Waals surface area contributed by atoms with E-state index in [1.165, 1.54) is 6.07 Å². The lowest BCUT2D eigenvalue weighted by Crippen LogP contribution is -2.27. The maximum atomic E-state index is 11.7. The van der Waals surface area contributed by atoms with Crippen molar-refractivity contribution in [3.8, 4) is 0 Å². The molecule has 96 valence electrons. The van der Waals surface area contributed by atoms with E-state index in [9.17, 15) is 8.42 Å².